The smallest absolute Gasteiger partial charge is 0.354 e. The number of ether oxygens (including phenoxy) is 1. The number of esters is 1. The Balaban J connectivity index is 1.77. The molecule has 2 N–H and O–H groups in total. The van der Waals surface area contributed by atoms with Crippen molar-refractivity contribution in [2.45, 2.75) is 0 Å². The fraction of sp³-hybridized carbons (Fsp3) is 0.231. The normalized spacial score (nSPS) is 17.6. The topological polar surface area (TPSA) is 86.7 Å². The van der Waals surface area contributed by atoms with Gasteiger partial charge in [-0.1, -0.05) is 0 Å². The van der Waals surface area contributed by atoms with Gasteiger partial charge in [0.05, 0.1) is 12.2 Å². The molecule has 7 heteroatoms. The third kappa shape index (κ3) is 3.82. The molecule has 0 bridgehead atoms. The Hall–Kier alpha value is -1.86. The van der Waals surface area contributed by atoms with Crippen LogP contribution in [-0.2, 0) is 9.53 Å². The number of carboxylic acids is 1. The van der Waals surface area contributed by atoms with Gasteiger partial charge < -0.3 is 24.5 Å². The highest BCUT2D eigenvalue weighted by Crippen LogP contribution is 2.11. The predicted octanol–water partition coefficient (Wildman–Crippen LogP) is -0.977. The van der Waals surface area contributed by atoms with Crippen molar-refractivity contribution in [3.8, 4) is 0 Å². The van der Waals surface area contributed by atoms with Crippen molar-refractivity contribution in [1.29, 1.82) is 0 Å². The minimum Gasteiger partial charge on any atom is -0.545 e. The van der Waals surface area contributed by atoms with E-state index in [1.54, 1.807) is 18.3 Å². The number of hydrogen-bond acceptors (Lipinski definition) is 4. The Morgan fingerprint density at radius 3 is 2.95 bits per heavy atom. The molecule has 1 unspecified atom stereocenters. The molecule has 1 aromatic heterocycles. The summed E-state index contributed by atoms with van der Waals surface area (Å²) < 4.78 is 5.89. The minimum absolute atomic E-state index is 0.204. The number of H-pyrrole nitrogens is 1. The molecule has 0 aromatic carbocycles. The van der Waals surface area contributed by atoms with Gasteiger partial charge in [-0.3, -0.25) is 0 Å². The first-order valence-corrected chi connectivity index (χ1v) is 6.80. The first-order chi connectivity index (χ1) is 9.56. The number of halogens is 1. The molecule has 1 atom stereocenters. The van der Waals surface area contributed by atoms with Crippen molar-refractivity contribution in [2.75, 3.05) is 19.7 Å². The first-order valence-electron chi connectivity index (χ1n) is 6.00. The molecule has 2 heterocycles. The monoisotopic (exact) mass is 340 g/mol. The van der Waals surface area contributed by atoms with Gasteiger partial charge in [-0.15, -0.1) is 0 Å². The van der Waals surface area contributed by atoms with E-state index in [2.05, 4.69) is 20.9 Å². The van der Waals surface area contributed by atoms with Crippen molar-refractivity contribution >= 4 is 27.9 Å². The van der Waals surface area contributed by atoms with Crippen LogP contribution in [0.15, 0.2) is 40.7 Å². The van der Waals surface area contributed by atoms with Gasteiger partial charge in [0.15, 0.2) is 0 Å². The van der Waals surface area contributed by atoms with Gasteiger partial charge in [0.25, 0.3) is 0 Å². The Bertz CT molecular complexity index is 577. The molecular formula is C13H13BrN2O4. The number of hydrogen-bond donors (Lipinski definition) is 2. The van der Waals surface area contributed by atoms with Crippen LogP contribution in [0, 0.1) is 0 Å². The van der Waals surface area contributed by atoms with Gasteiger partial charge in [-0.25, -0.2) is 4.79 Å². The van der Waals surface area contributed by atoms with E-state index in [1.807, 2.05) is 6.20 Å². The summed E-state index contributed by atoms with van der Waals surface area (Å²) in [4.78, 5) is 26.1. The van der Waals surface area contributed by atoms with Gasteiger partial charge in [0, 0.05) is 16.2 Å². The SMILES string of the molecule is O=C([O-])C1=CC=C[NH+](CCOC(=O)c2cc(Br)c[nH]2)C1. The number of aliphatic carboxylic acids is 1. The van der Waals surface area contributed by atoms with Crippen molar-refractivity contribution < 1.29 is 24.3 Å². The van der Waals surface area contributed by atoms with Gasteiger partial charge in [-0.2, -0.15) is 0 Å². The standard InChI is InChI=1S/C13H13BrN2O4/c14-10-6-11(15-7-10)13(19)20-5-4-16-3-1-2-9(8-16)12(17)18/h1-3,6-7,15H,4-5,8H2,(H,17,18). The highest BCUT2D eigenvalue weighted by atomic mass is 79.9. The molecule has 0 amide bonds. The van der Waals surface area contributed by atoms with E-state index in [0.717, 1.165) is 9.37 Å². The van der Waals surface area contributed by atoms with Crippen LogP contribution in [0.25, 0.3) is 0 Å². The second kappa shape index (κ2) is 6.53. The maximum atomic E-state index is 11.7. The van der Waals surface area contributed by atoms with Crippen LogP contribution in [0.1, 0.15) is 10.5 Å². The second-order valence-corrected chi connectivity index (χ2v) is 5.21. The zero-order valence-electron chi connectivity index (χ0n) is 10.5. The van der Waals surface area contributed by atoms with Crippen LogP contribution in [0.5, 0.6) is 0 Å². The van der Waals surface area contributed by atoms with Gasteiger partial charge in [0.1, 0.15) is 25.4 Å². The molecule has 0 aliphatic carbocycles. The number of allylic oxidation sites excluding steroid dienone is 2. The van der Waals surface area contributed by atoms with Crippen LogP contribution in [0.3, 0.4) is 0 Å². The zero-order valence-corrected chi connectivity index (χ0v) is 12.1. The number of rotatable bonds is 5. The molecule has 0 saturated heterocycles. The lowest BCUT2D eigenvalue weighted by Gasteiger charge is -2.19. The third-order valence-electron chi connectivity index (χ3n) is 2.83. The van der Waals surface area contributed by atoms with Crippen molar-refractivity contribution in [3.63, 3.8) is 0 Å². The average molecular weight is 341 g/mol. The molecule has 0 radical (unpaired) electrons. The molecular weight excluding hydrogens is 328 g/mol. The maximum Gasteiger partial charge on any atom is 0.354 e. The summed E-state index contributed by atoms with van der Waals surface area (Å²) in [6.07, 6.45) is 6.65. The van der Waals surface area contributed by atoms with E-state index >= 15 is 0 Å². The molecule has 0 spiro atoms. The summed E-state index contributed by atoms with van der Waals surface area (Å²) in [6.45, 7) is 1.02. The highest BCUT2D eigenvalue weighted by molar-refractivity contribution is 9.10. The lowest BCUT2D eigenvalue weighted by Crippen LogP contribution is -3.08. The minimum atomic E-state index is -1.17. The lowest BCUT2D eigenvalue weighted by atomic mass is 10.2. The van der Waals surface area contributed by atoms with E-state index in [0.29, 0.717) is 18.8 Å². The third-order valence-corrected chi connectivity index (χ3v) is 3.29. The molecule has 106 valence electrons. The maximum absolute atomic E-state index is 11.7. The number of aromatic amines is 1. The Morgan fingerprint density at radius 1 is 1.50 bits per heavy atom. The average Bonchev–Trinajstić information content (AvgIpc) is 2.86. The first kappa shape index (κ1) is 14.5. The van der Waals surface area contributed by atoms with Gasteiger partial charge in [-0.05, 0) is 34.1 Å². The number of carboxylic acid groups (broad SMARTS) is 1. The summed E-state index contributed by atoms with van der Waals surface area (Å²) in [5.74, 6) is -1.60. The van der Waals surface area contributed by atoms with Crippen LogP contribution < -0.4 is 10.0 Å². The molecule has 1 aromatic rings. The van der Waals surface area contributed by atoms with Crippen molar-refractivity contribution in [3.05, 3.63) is 46.4 Å². The number of aromatic nitrogens is 1. The predicted molar refractivity (Wildman–Crippen MR) is 71.7 cm³/mol. The van der Waals surface area contributed by atoms with E-state index < -0.39 is 11.9 Å². The fourth-order valence-corrected chi connectivity index (χ4v) is 2.16. The van der Waals surface area contributed by atoms with E-state index in [9.17, 15) is 14.7 Å². The van der Waals surface area contributed by atoms with Crippen LogP contribution in [0.4, 0.5) is 0 Å². The molecule has 2 rings (SSSR count). The van der Waals surface area contributed by atoms with Crippen LogP contribution >= 0.6 is 15.9 Å². The second-order valence-electron chi connectivity index (χ2n) is 4.29. The van der Waals surface area contributed by atoms with Crippen LogP contribution in [0.2, 0.25) is 0 Å². The number of carbonyl (C=O) groups excluding carboxylic acids is 2. The quantitative estimate of drug-likeness (QED) is 0.675. The molecule has 0 fully saturated rings. The largest absolute Gasteiger partial charge is 0.545 e. The lowest BCUT2D eigenvalue weighted by molar-refractivity contribution is -0.842. The van der Waals surface area contributed by atoms with E-state index in [1.165, 1.54) is 6.08 Å². The number of nitrogens with one attached hydrogen (secondary N) is 2. The number of quaternary nitrogens is 1. The molecule has 6 nitrogen and oxygen atoms in total. The Kier molecular flexibility index (Phi) is 4.75. The van der Waals surface area contributed by atoms with Crippen LogP contribution in [-0.4, -0.2) is 36.6 Å². The van der Waals surface area contributed by atoms with Crippen molar-refractivity contribution in [1.82, 2.24) is 4.98 Å². The number of carbonyl (C=O) groups is 2. The fourth-order valence-electron chi connectivity index (χ4n) is 1.81. The Morgan fingerprint density at radius 2 is 2.30 bits per heavy atom. The molecule has 20 heavy (non-hydrogen) atoms. The zero-order chi connectivity index (χ0) is 14.5. The summed E-state index contributed by atoms with van der Waals surface area (Å²) in [5.41, 5.74) is 0.610. The van der Waals surface area contributed by atoms with Crippen molar-refractivity contribution in [2.24, 2.45) is 0 Å². The summed E-state index contributed by atoms with van der Waals surface area (Å²) in [5, 5.41) is 10.7. The molecule has 1 aliphatic rings. The summed E-state index contributed by atoms with van der Waals surface area (Å²) in [6, 6.07) is 1.63. The van der Waals surface area contributed by atoms with E-state index in [-0.39, 0.29) is 12.2 Å². The summed E-state index contributed by atoms with van der Waals surface area (Å²) in [7, 11) is 0. The van der Waals surface area contributed by atoms with E-state index in [4.69, 9.17) is 4.74 Å². The Labute approximate surface area is 123 Å². The van der Waals surface area contributed by atoms with Gasteiger partial charge in [0.2, 0.25) is 0 Å². The molecule has 1 aliphatic heterocycles. The highest BCUT2D eigenvalue weighted by Gasteiger charge is 2.15. The van der Waals surface area contributed by atoms with Gasteiger partial charge >= 0.3 is 5.97 Å². The summed E-state index contributed by atoms with van der Waals surface area (Å²) >= 11 is 3.23. The molecule has 0 saturated carbocycles.